The molecular weight excluding hydrogens is 497 g/mol. The van der Waals surface area contributed by atoms with E-state index in [1.807, 2.05) is 17.0 Å². The monoisotopic (exact) mass is 526 g/mol. The standard InChI is InChI=1S/C29H29F3N2O4/c1-38-22-8-9-26-24(17-22)23(11-13-33-26)27(35)10-7-20-12-15-34(18-25(20)28(36)37)14-3-5-19-4-2-6-21(16-19)29(30,31)32/h2,4,6,8-9,11,13,16-17,20,25,27,35H,7,10,12,14-15,18H2,1H3,(H,36,37)/t20-,25+,27+/m1/s1. The van der Waals surface area contributed by atoms with Crippen LogP contribution in [0.4, 0.5) is 13.2 Å². The van der Waals surface area contributed by atoms with Gasteiger partial charge in [-0.25, -0.2) is 0 Å². The van der Waals surface area contributed by atoms with Crippen molar-refractivity contribution in [2.45, 2.75) is 31.5 Å². The molecule has 1 aliphatic rings. The van der Waals surface area contributed by atoms with Gasteiger partial charge in [0, 0.05) is 23.7 Å². The number of carboxylic acids is 1. The van der Waals surface area contributed by atoms with Crippen molar-refractivity contribution in [1.82, 2.24) is 9.88 Å². The van der Waals surface area contributed by atoms with Crippen molar-refractivity contribution in [3.8, 4) is 17.6 Å². The number of aromatic nitrogens is 1. The Bertz CT molecular complexity index is 1350. The van der Waals surface area contributed by atoms with Crippen molar-refractivity contribution in [3.63, 3.8) is 0 Å². The summed E-state index contributed by atoms with van der Waals surface area (Å²) < 4.78 is 44.0. The lowest BCUT2D eigenvalue weighted by molar-refractivity contribution is -0.146. The number of likely N-dealkylation sites (tertiary alicyclic amines) is 1. The van der Waals surface area contributed by atoms with Crippen LogP contribution in [0, 0.1) is 23.7 Å². The van der Waals surface area contributed by atoms with Crippen molar-refractivity contribution in [2.24, 2.45) is 11.8 Å². The average Bonchev–Trinajstić information content (AvgIpc) is 2.91. The number of aliphatic carboxylic acids is 1. The van der Waals surface area contributed by atoms with E-state index in [1.54, 1.807) is 25.4 Å². The van der Waals surface area contributed by atoms with E-state index < -0.39 is 29.7 Å². The third-order valence-electron chi connectivity index (χ3n) is 7.03. The minimum Gasteiger partial charge on any atom is -0.497 e. The fourth-order valence-electron chi connectivity index (χ4n) is 4.96. The van der Waals surface area contributed by atoms with Crippen LogP contribution in [0.5, 0.6) is 5.75 Å². The topological polar surface area (TPSA) is 82.9 Å². The number of piperidine rings is 1. The number of benzene rings is 2. The van der Waals surface area contributed by atoms with Crippen LogP contribution in [0.1, 0.15) is 42.1 Å². The summed E-state index contributed by atoms with van der Waals surface area (Å²) >= 11 is 0. The van der Waals surface area contributed by atoms with E-state index in [-0.39, 0.29) is 18.0 Å². The van der Waals surface area contributed by atoms with E-state index >= 15 is 0 Å². The summed E-state index contributed by atoms with van der Waals surface area (Å²) in [4.78, 5) is 18.3. The molecule has 1 aromatic heterocycles. The van der Waals surface area contributed by atoms with Gasteiger partial charge in [0.15, 0.2) is 0 Å². The zero-order valence-corrected chi connectivity index (χ0v) is 20.9. The van der Waals surface area contributed by atoms with E-state index in [4.69, 9.17) is 4.74 Å². The van der Waals surface area contributed by atoms with Gasteiger partial charge in [0.2, 0.25) is 0 Å². The lowest BCUT2D eigenvalue weighted by Gasteiger charge is -2.36. The number of halogens is 3. The normalized spacial score (nSPS) is 19.0. The Kier molecular flexibility index (Phi) is 8.55. The lowest BCUT2D eigenvalue weighted by Crippen LogP contribution is -2.44. The van der Waals surface area contributed by atoms with Crippen LogP contribution in [0.3, 0.4) is 0 Å². The van der Waals surface area contributed by atoms with Crippen LogP contribution in [-0.2, 0) is 11.0 Å². The number of methoxy groups -OCH3 is 1. The molecule has 200 valence electrons. The average molecular weight is 527 g/mol. The van der Waals surface area contributed by atoms with Gasteiger partial charge in [-0.2, -0.15) is 13.2 Å². The summed E-state index contributed by atoms with van der Waals surface area (Å²) in [5.41, 5.74) is 0.977. The first-order valence-corrected chi connectivity index (χ1v) is 12.4. The van der Waals surface area contributed by atoms with Crippen LogP contribution in [0.15, 0.2) is 54.7 Å². The first kappa shape index (κ1) is 27.4. The molecule has 3 atom stereocenters. The first-order valence-electron chi connectivity index (χ1n) is 12.4. The number of pyridine rings is 1. The maximum atomic E-state index is 12.9. The Morgan fingerprint density at radius 3 is 2.79 bits per heavy atom. The summed E-state index contributed by atoms with van der Waals surface area (Å²) in [6.07, 6.45) is -2.00. The molecule has 2 aromatic carbocycles. The van der Waals surface area contributed by atoms with Crippen LogP contribution in [0.25, 0.3) is 10.9 Å². The second-order valence-electron chi connectivity index (χ2n) is 9.49. The van der Waals surface area contributed by atoms with Crippen molar-refractivity contribution < 1.29 is 32.9 Å². The number of fused-ring (bicyclic) bond motifs is 1. The third kappa shape index (κ3) is 6.63. The molecule has 0 radical (unpaired) electrons. The number of alkyl halides is 3. The number of ether oxygens (including phenoxy) is 1. The quantitative estimate of drug-likeness (QED) is 0.415. The Labute approximate surface area is 219 Å². The maximum absolute atomic E-state index is 12.9. The summed E-state index contributed by atoms with van der Waals surface area (Å²) in [6.45, 7) is 1.18. The van der Waals surface area contributed by atoms with Gasteiger partial charge in [-0.3, -0.25) is 14.7 Å². The molecule has 9 heteroatoms. The molecule has 1 saturated heterocycles. The zero-order valence-electron chi connectivity index (χ0n) is 20.9. The Morgan fingerprint density at radius 2 is 2.05 bits per heavy atom. The van der Waals surface area contributed by atoms with Crippen LogP contribution in [0.2, 0.25) is 0 Å². The number of rotatable bonds is 7. The molecule has 2 heterocycles. The zero-order chi connectivity index (χ0) is 27.3. The summed E-state index contributed by atoms with van der Waals surface area (Å²) in [7, 11) is 1.57. The highest BCUT2D eigenvalue weighted by molar-refractivity contribution is 5.83. The fourth-order valence-corrected chi connectivity index (χ4v) is 4.96. The molecule has 0 saturated carbocycles. The van der Waals surface area contributed by atoms with Gasteiger partial charge >= 0.3 is 12.1 Å². The SMILES string of the molecule is COc1ccc2nccc([C@@H](O)CC[C@@H]3CCN(CC#Cc4cccc(C(F)(F)F)c4)C[C@@H]3C(=O)O)c2c1. The van der Waals surface area contributed by atoms with Gasteiger partial charge in [0.1, 0.15) is 5.75 Å². The summed E-state index contributed by atoms with van der Waals surface area (Å²) in [5.74, 6) is 4.66. The molecule has 2 N–H and O–H groups in total. The van der Waals surface area contributed by atoms with Crippen LogP contribution in [-0.4, -0.2) is 52.8 Å². The van der Waals surface area contributed by atoms with Crippen molar-refractivity contribution in [1.29, 1.82) is 0 Å². The molecule has 0 aliphatic carbocycles. The van der Waals surface area contributed by atoms with E-state index in [0.29, 0.717) is 38.1 Å². The van der Waals surface area contributed by atoms with Crippen molar-refractivity contribution in [2.75, 3.05) is 26.7 Å². The summed E-state index contributed by atoms with van der Waals surface area (Å²) in [6, 6.07) is 12.1. The maximum Gasteiger partial charge on any atom is 0.416 e. The molecule has 3 aromatic rings. The molecule has 6 nitrogen and oxygen atoms in total. The van der Waals surface area contributed by atoms with E-state index in [1.165, 1.54) is 12.1 Å². The Balaban J connectivity index is 1.37. The lowest BCUT2D eigenvalue weighted by atomic mass is 9.81. The largest absolute Gasteiger partial charge is 0.497 e. The van der Waals surface area contributed by atoms with Crippen molar-refractivity contribution >= 4 is 16.9 Å². The van der Waals surface area contributed by atoms with Gasteiger partial charge in [-0.1, -0.05) is 17.9 Å². The number of nitrogens with zero attached hydrogens (tertiary/aromatic N) is 2. The van der Waals surface area contributed by atoms with Crippen LogP contribution < -0.4 is 4.74 Å². The number of aliphatic hydroxyl groups is 1. The molecular formula is C29H29F3N2O4. The summed E-state index contributed by atoms with van der Waals surface area (Å²) in [5, 5.41) is 21.6. The number of hydrogen-bond donors (Lipinski definition) is 2. The smallest absolute Gasteiger partial charge is 0.416 e. The van der Waals surface area contributed by atoms with Gasteiger partial charge in [0.05, 0.1) is 36.8 Å². The van der Waals surface area contributed by atoms with E-state index in [2.05, 4.69) is 16.8 Å². The molecule has 0 amide bonds. The highest BCUT2D eigenvalue weighted by Crippen LogP contribution is 2.34. The first-order chi connectivity index (χ1) is 18.2. The van der Waals surface area contributed by atoms with E-state index in [0.717, 1.165) is 28.6 Å². The van der Waals surface area contributed by atoms with Gasteiger partial charge in [-0.05, 0) is 79.8 Å². The minimum absolute atomic E-state index is 0.113. The van der Waals surface area contributed by atoms with Crippen LogP contribution >= 0.6 is 0 Å². The molecule has 4 rings (SSSR count). The van der Waals surface area contributed by atoms with E-state index in [9.17, 15) is 28.2 Å². The third-order valence-corrected chi connectivity index (χ3v) is 7.03. The number of carboxylic acid groups (broad SMARTS) is 1. The predicted octanol–water partition coefficient (Wildman–Crippen LogP) is 5.15. The molecule has 0 bridgehead atoms. The highest BCUT2D eigenvalue weighted by Gasteiger charge is 2.34. The Hall–Kier alpha value is -3.61. The van der Waals surface area contributed by atoms with Crippen molar-refractivity contribution in [3.05, 3.63) is 71.4 Å². The second kappa shape index (κ2) is 11.8. The van der Waals surface area contributed by atoms with Gasteiger partial charge in [0.25, 0.3) is 0 Å². The Morgan fingerprint density at radius 1 is 1.24 bits per heavy atom. The number of hydrogen-bond acceptors (Lipinski definition) is 5. The molecule has 0 spiro atoms. The van der Waals surface area contributed by atoms with Gasteiger partial charge in [-0.15, -0.1) is 0 Å². The molecule has 1 fully saturated rings. The molecule has 38 heavy (non-hydrogen) atoms. The second-order valence-corrected chi connectivity index (χ2v) is 9.49. The molecule has 1 aliphatic heterocycles. The predicted molar refractivity (Wildman–Crippen MR) is 136 cm³/mol. The highest BCUT2D eigenvalue weighted by atomic mass is 19.4. The minimum atomic E-state index is -4.43. The number of aliphatic hydroxyl groups excluding tert-OH is 1. The fraction of sp³-hybridized carbons (Fsp3) is 0.379. The molecule has 0 unspecified atom stereocenters. The number of carbonyl (C=O) groups is 1. The van der Waals surface area contributed by atoms with Gasteiger partial charge < -0.3 is 14.9 Å².